The Balaban J connectivity index is 1.56. The first-order valence-electron chi connectivity index (χ1n) is 9.28. The van der Waals surface area contributed by atoms with Gasteiger partial charge in [0, 0.05) is 24.2 Å². The second kappa shape index (κ2) is 9.18. The van der Waals surface area contributed by atoms with Crippen molar-refractivity contribution in [1.82, 2.24) is 4.90 Å². The normalized spacial score (nSPS) is 12.9. The maximum Gasteiger partial charge on any atom is 0.311 e. The number of carbonyl (C=O) groups is 2. The fourth-order valence-corrected chi connectivity index (χ4v) is 3.00. The predicted molar refractivity (Wildman–Crippen MR) is 104 cm³/mol. The Labute approximate surface area is 168 Å². The van der Waals surface area contributed by atoms with E-state index in [0.717, 1.165) is 24.2 Å². The number of para-hydroxylation sites is 1. The van der Waals surface area contributed by atoms with Crippen LogP contribution >= 0.6 is 0 Å². The lowest BCUT2D eigenvalue weighted by Crippen LogP contribution is -2.36. The lowest BCUT2D eigenvalue weighted by atomic mass is 10.1. The molecule has 0 spiro atoms. The van der Waals surface area contributed by atoms with Crippen molar-refractivity contribution in [3.05, 3.63) is 69.8 Å². The summed E-state index contributed by atoms with van der Waals surface area (Å²) in [6.07, 6.45) is 1.59. The van der Waals surface area contributed by atoms with Crippen LogP contribution in [0.15, 0.2) is 48.5 Å². The second-order valence-electron chi connectivity index (χ2n) is 6.82. The van der Waals surface area contributed by atoms with Gasteiger partial charge in [-0.15, -0.1) is 0 Å². The number of rotatable bonds is 9. The molecule has 0 unspecified atom stereocenters. The van der Waals surface area contributed by atoms with Crippen LogP contribution in [0.1, 0.15) is 24.0 Å². The average molecular weight is 398 g/mol. The molecule has 0 bridgehead atoms. The van der Waals surface area contributed by atoms with E-state index >= 15 is 0 Å². The predicted octanol–water partition coefficient (Wildman–Crippen LogP) is 2.88. The molecule has 1 saturated carbocycles. The molecule has 1 amide bonds. The molecule has 0 heterocycles. The largest absolute Gasteiger partial charge is 0.497 e. The minimum atomic E-state index is -0.673. The zero-order chi connectivity index (χ0) is 20.8. The molecule has 0 aliphatic heterocycles. The van der Waals surface area contributed by atoms with E-state index in [0.29, 0.717) is 6.54 Å². The first-order chi connectivity index (χ1) is 14.0. The van der Waals surface area contributed by atoms with Crippen LogP contribution in [0.4, 0.5) is 5.69 Å². The molecule has 0 radical (unpaired) electrons. The summed E-state index contributed by atoms with van der Waals surface area (Å²) < 4.78 is 10.2. The Morgan fingerprint density at radius 1 is 1.14 bits per heavy atom. The number of esters is 1. The summed E-state index contributed by atoms with van der Waals surface area (Å²) in [7, 11) is 1.59. The molecule has 2 aromatic carbocycles. The third-order valence-electron chi connectivity index (χ3n) is 4.70. The van der Waals surface area contributed by atoms with Gasteiger partial charge in [-0.05, 0) is 30.5 Å². The molecule has 8 heteroatoms. The van der Waals surface area contributed by atoms with Gasteiger partial charge in [-0.25, -0.2) is 0 Å². The number of hydrogen-bond acceptors (Lipinski definition) is 6. The summed E-state index contributed by atoms with van der Waals surface area (Å²) in [5.74, 6) is -0.214. The highest BCUT2D eigenvalue weighted by atomic mass is 16.6. The second-order valence-corrected chi connectivity index (χ2v) is 6.82. The first-order valence-corrected chi connectivity index (χ1v) is 9.28. The van der Waals surface area contributed by atoms with Gasteiger partial charge in [0.1, 0.15) is 5.75 Å². The van der Waals surface area contributed by atoms with Gasteiger partial charge in [-0.1, -0.05) is 30.3 Å². The van der Waals surface area contributed by atoms with Crippen molar-refractivity contribution in [2.75, 3.05) is 13.7 Å². The van der Waals surface area contributed by atoms with Gasteiger partial charge in [0.15, 0.2) is 6.61 Å². The topological polar surface area (TPSA) is 99.0 Å². The fraction of sp³-hybridized carbons (Fsp3) is 0.333. The summed E-state index contributed by atoms with van der Waals surface area (Å²) in [4.78, 5) is 36.9. The Bertz CT molecular complexity index is 892. The Kier molecular flexibility index (Phi) is 6.43. The average Bonchev–Trinajstić information content (AvgIpc) is 3.56. The fourth-order valence-electron chi connectivity index (χ4n) is 3.00. The number of nitrogens with zero attached hydrogens (tertiary/aromatic N) is 2. The van der Waals surface area contributed by atoms with Crippen molar-refractivity contribution in [3.8, 4) is 5.75 Å². The molecule has 1 aliphatic carbocycles. The lowest BCUT2D eigenvalue weighted by molar-refractivity contribution is -0.385. The quantitative estimate of drug-likeness (QED) is 0.366. The summed E-state index contributed by atoms with van der Waals surface area (Å²) >= 11 is 0. The van der Waals surface area contributed by atoms with E-state index < -0.39 is 10.9 Å². The van der Waals surface area contributed by atoms with Crippen molar-refractivity contribution in [2.24, 2.45) is 0 Å². The van der Waals surface area contributed by atoms with Gasteiger partial charge >= 0.3 is 5.97 Å². The summed E-state index contributed by atoms with van der Waals surface area (Å²) in [6, 6.07) is 13.6. The molecule has 0 atom stereocenters. The number of carbonyl (C=O) groups excluding carboxylic acids is 2. The molecule has 8 nitrogen and oxygen atoms in total. The number of methoxy groups -OCH3 is 1. The van der Waals surface area contributed by atoms with Gasteiger partial charge in [-0.2, -0.15) is 0 Å². The molecule has 0 aromatic heterocycles. The van der Waals surface area contributed by atoms with Gasteiger partial charge < -0.3 is 14.4 Å². The molecule has 0 saturated heterocycles. The van der Waals surface area contributed by atoms with E-state index in [-0.39, 0.29) is 36.2 Å². The Morgan fingerprint density at radius 3 is 2.45 bits per heavy atom. The van der Waals surface area contributed by atoms with Crippen molar-refractivity contribution in [3.63, 3.8) is 0 Å². The number of nitro benzene ring substituents is 1. The van der Waals surface area contributed by atoms with Crippen LogP contribution < -0.4 is 4.74 Å². The highest BCUT2D eigenvalue weighted by Gasteiger charge is 2.33. The Hall–Kier alpha value is -3.42. The minimum Gasteiger partial charge on any atom is -0.497 e. The summed E-state index contributed by atoms with van der Waals surface area (Å²) in [5, 5.41) is 11.0. The molecule has 152 valence electrons. The van der Waals surface area contributed by atoms with Crippen molar-refractivity contribution >= 4 is 17.6 Å². The third-order valence-corrected chi connectivity index (χ3v) is 4.70. The van der Waals surface area contributed by atoms with E-state index in [1.165, 1.54) is 18.2 Å². The number of ether oxygens (including phenoxy) is 2. The third kappa shape index (κ3) is 5.54. The van der Waals surface area contributed by atoms with Gasteiger partial charge in [0.2, 0.25) is 0 Å². The summed E-state index contributed by atoms with van der Waals surface area (Å²) in [6.45, 7) is 0.0430. The molecule has 1 fully saturated rings. The van der Waals surface area contributed by atoms with Crippen LogP contribution in [-0.2, 0) is 27.3 Å². The zero-order valence-electron chi connectivity index (χ0n) is 16.1. The van der Waals surface area contributed by atoms with Gasteiger partial charge in [0.05, 0.1) is 18.5 Å². The van der Waals surface area contributed by atoms with E-state index in [1.807, 2.05) is 24.3 Å². The van der Waals surface area contributed by atoms with E-state index in [9.17, 15) is 19.7 Å². The number of amides is 1. The molecule has 29 heavy (non-hydrogen) atoms. The Morgan fingerprint density at radius 2 is 1.83 bits per heavy atom. The number of hydrogen-bond donors (Lipinski definition) is 0. The van der Waals surface area contributed by atoms with Crippen LogP contribution in [-0.4, -0.2) is 41.5 Å². The van der Waals surface area contributed by atoms with Crippen LogP contribution in [0, 0.1) is 10.1 Å². The van der Waals surface area contributed by atoms with Crippen LogP contribution in [0.5, 0.6) is 5.75 Å². The molecule has 3 rings (SSSR count). The van der Waals surface area contributed by atoms with Crippen molar-refractivity contribution in [2.45, 2.75) is 31.8 Å². The standard InChI is InChI=1S/C21H22N2O6/c1-28-18-10-6-15(7-11-18)13-22(17-8-9-17)20(24)14-29-21(25)12-16-4-2-3-5-19(16)23(26)27/h2-7,10-11,17H,8-9,12-14H2,1H3. The zero-order valence-corrected chi connectivity index (χ0v) is 16.1. The maximum absolute atomic E-state index is 12.6. The van der Waals surface area contributed by atoms with Crippen LogP contribution in [0.3, 0.4) is 0 Å². The van der Waals surface area contributed by atoms with Gasteiger partial charge in [0.25, 0.3) is 11.6 Å². The molecular weight excluding hydrogens is 376 g/mol. The highest BCUT2D eigenvalue weighted by molar-refractivity contribution is 5.82. The van der Waals surface area contributed by atoms with Crippen molar-refractivity contribution in [1.29, 1.82) is 0 Å². The minimum absolute atomic E-state index is 0.144. The smallest absolute Gasteiger partial charge is 0.311 e. The van der Waals surface area contributed by atoms with Gasteiger partial charge in [-0.3, -0.25) is 19.7 Å². The maximum atomic E-state index is 12.6. The van der Waals surface area contributed by atoms with E-state index in [4.69, 9.17) is 9.47 Å². The monoisotopic (exact) mass is 398 g/mol. The van der Waals surface area contributed by atoms with E-state index in [2.05, 4.69) is 0 Å². The highest BCUT2D eigenvalue weighted by Crippen LogP contribution is 2.29. The van der Waals surface area contributed by atoms with Crippen molar-refractivity contribution < 1.29 is 24.0 Å². The molecular formula is C21H22N2O6. The van der Waals surface area contributed by atoms with Crippen LogP contribution in [0.25, 0.3) is 0 Å². The number of nitro groups is 1. The molecule has 1 aliphatic rings. The lowest BCUT2D eigenvalue weighted by Gasteiger charge is -2.22. The molecule has 0 N–H and O–H groups in total. The van der Waals surface area contributed by atoms with E-state index in [1.54, 1.807) is 18.1 Å². The van der Waals surface area contributed by atoms with Crippen LogP contribution in [0.2, 0.25) is 0 Å². The molecule has 2 aromatic rings. The first kappa shape index (κ1) is 20.3. The number of benzene rings is 2. The summed E-state index contributed by atoms with van der Waals surface area (Å²) in [5.41, 5.74) is 1.07. The SMILES string of the molecule is COc1ccc(CN(C(=O)COC(=O)Cc2ccccc2[N+](=O)[O-])C2CC2)cc1.